The van der Waals surface area contributed by atoms with Crippen molar-refractivity contribution in [2.75, 3.05) is 6.61 Å². The molecule has 0 aromatic heterocycles. The SMILES string of the molecule is CCOC(=O)[C@H](O)[C@](C)(Cl)c1ccccc1. The number of esters is 1. The Morgan fingerprint density at radius 1 is 1.50 bits per heavy atom. The van der Waals surface area contributed by atoms with E-state index >= 15 is 0 Å². The molecule has 1 N–H and O–H groups in total. The van der Waals surface area contributed by atoms with Crippen molar-refractivity contribution >= 4 is 17.6 Å². The van der Waals surface area contributed by atoms with Crippen LogP contribution in [-0.4, -0.2) is 23.8 Å². The summed E-state index contributed by atoms with van der Waals surface area (Å²) in [5.41, 5.74) is 0.678. The second-order valence-electron chi connectivity index (χ2n) is 3.60. The molecule has 88 valence electrons. The maximum absolute atomic E-state index is 11.4. The highest BCUT2D eigenvalue weighted by molar-refractivity contribution is 6.25. The van der Waals surface area contributed by atoms with Crippen molar-refractivity contribution in [1.29, 1.82) is 0 Å². The zero-order valence-corrected chi connectivity index (χ0v) is 10.1. The van der Waals surface area contributed by atoms with Gasteiger partial charge in [-0.1, -0.05) is 30.3 Å². The Hall–Kier alpha value is -1.06. The van der Waals surface area contributed by atoms with Gasteiger partial charge in [-0.3, -0.25) is 0 Å². The third-order valence-electron chi connectivity index (χ3n) is 2.36. The van der Waals surface area contributed by atoms with Crippen molar-refractivity contribution in [1.82, 2.24) is 0 Å². The van der Waals surface area contributed by atoms with Crippen LogP contribution < -0.4 is 0 Å². The summed E-state index contributed by atoms with van der Waals surface area (Å²) in [5.74, 6) is -0.705. The predicted molar refractivity (Wildman–Crippen MR) is 62.3 cm³/mol. The zero-order valence-electron chi connectivity index (χ0n) is 9.31. The number of benzene rings is 1. The van der Waals surface area contributed by atoms with Gasteiger partial charge in [0.1, 0.15) is 4.87 Å². The topological polar surface area (TPSA) is 46.5 Å². The van der Waals surface area contributed by atoms with Gasteiger partial charge >= 0.3 is 5.97 Å². The Labute approximate surface area is 100.0 Å². The summed E-state index contributed by atoms with van der Waals surface area (Å²) in [7, 11) is 0. The standard InChI is InChI=1S/C12H15ClO3/c1-3-16-11(15)10(14)12(2,13)9-7-5-4-6-8-9/h4-8,10,14H,3H2,1-2H3/t10-,12+/m0/s1. The van der Waals surface area contributed by atoms with Gasteiger partial charge in [-0.05, 0) is 19.4 Å². The first kappa shape index (κ1) is 13.0. The molecule has 0 saturated heterocycles. The molecule has 0 amide bonds. The van der Waals surface area contributed by atoms with E-state index in [2.05, 4.69) is 0 Å². The number of hydrogen-bond donors (Lipinski definition) is 1. The van der Waals surface area contributed by atoms with E-state index in [-0.39, 0.29) is 6.61 Å². The molecule has 0 saturated carbocycles. The number of carbonyl (C=O) groups excluding carboxylic acids is 1. The van der Waals surface area contributed by atoms with E-state index in [1.807, 2.05) is 6.07 Å². The van der Waals surface area contributed by atoms with Gasteiger partial charge in [-0.2, -0.15) is 0 Å². The van der Waals surface area contributed by atoms with E-state index < -0.39 is 16.9 Å². The molecular formula is C12H15ClO3. The third-order valence-corrected chi connectivity index (χ3v) is 2.79. The van der Waals surface area contributed by atoms with E-state index in [0.29, 0.717) is 5.56 Å². The second kappa shape index (κ2) is 5.32. The number of halogens is 1. The largest absolute Gasteiger partial charge is 0.464 e. The first-order valence-corrected chi connectivity index (χ1v) is 5.47. The van der Waals surface area contributed by atoms with Crippen molar-refractivity contribution in [3.05, 3.63) is 35.9 Å². The molecule has 0 heterocycles. The quantitative estimate of drug-likeness (QED) is 0.650. The summed E-state index contributed by atoms with van der Waals surface area (Å²) in [5, 5.41) is 9.82. The highest BCUT2D eigenvalue weighted by atomic mass is 35.5. The van der Waals surface area contributed by atoms with E-state index in [1.165, 1.54) is 0 Å². The van der Waals surface area contributed by atoms with Gasteiger partial charge in [-0.25, -0.2) is 4.79 Å². The Bertz CT molecular complexity index is 349. The second-order valence-corrected chi connectivity index (χ2v) is 4.38. The molecule has 4 heteroatoms. The van der Waals surface area contributed by atoms with Crippen LogP contribution in [0.25, 0.3) is 0 Å². The van der Waals surface area contributed by atoms with Crippen LogP contribution in [0.5, 0.6) is 0 Å². The fourth-order valence-corrected chi connectivity index (χ4v) is 1.58. The summed E-state index contributed by atoms with van der Waals surface area (Å²) >= 11 is 6.19. The Morgan fingerprint density at radius 3 is 2.56 bits per heavy atom. The average Bonchev–Trinajstić information content (AvgIpc) is 2.29. The molecule has 1 aromatic carbocycles. The third kappa shape index (κ3) is 2.74. The van der Waals surface area contributed by atoms with Crippen molar-refractivity contribution in [3.63, 3.8) is 0 Å². The van der Waals surface area contributed by atoms with Gasteiger partial charge < -0.3 is 9.84 Å². The summed E-state index contributed by atoms with van der Waals surface area (Å²) in [4.78, 5) is 10.2. The van der Waals surface area contributed by atoms with Crippen molar-refractivity contribution in [2.24, 2.45) is 0 Å². The fourth-order valence-electron chi connectivity index (χ4n) is 1.36. The fraction of sp³-hybridized carbons (Fsp3) is 0.417. The van der Waals surface area contributed by atoms with E-state index in [1.54, 1.807) is 38.1 Å². The lowest BCUT2D eigenvalue weighted by Gasteiger charge is -2.26. The molecule has 0 aliphatic carbocycles. The molecule has 0 spiro atoms. The molecule has 1 aromatic rings. The van der Waals surface area contributed by atoms with Gasteiger partial charge in [0.15, 0.2) is 6.10 Å². The van der Waals surface area contributed by atoms with E-state index in [4.69, 9.17) is 16.3 Å². The monoisotopic (exact) mass is 242 g/mol. The summed E-state index contributed by atoms with van der Waals surface area (Å²) < 4.78 is 4.74. The molecule has 1 rings (SSSR count). The van der Waals surface area contributed by atoms with Gasteiger partial charge in [-0.15, -0.1) is 11.6 Å². The lowest BCUT2D eigenvalue weighted by atomic mass is 9.94. The predicted octanol–water partition coefficient (Wildman–Crippen LogP) is 2.06. The van der Waals surface area contributed by atoms with Crippen LogP contribution in [0.3, 0.4) is 0 Å². The van der Waals surface area contributed by atoms with Crippen LogP contribution in [0.4, 0.5) is 0 Å². The molecule has 16 heavy (non-hydrogen) atoms. The van der Waals surface area contributed by atoms with Gasteiger partial charge in [0.05, 0.1) is 6.61 Å². The van der Waals surface area contributed by atoms with Gasteiger partial charge in [0, 0.05) is 0 Å². The number of ether oxygens (including phenoxy) is 1. The van der Waals surface area contributed by atoms with E-state index in [0.717, 1.165) is 0 Å². The summed E-state index contributed by atoms with van der Waals surface area (Å²) in [6.45, 7) is 3.49. The van der Waals surface area contributed by atoms with E-state index in [9.17, 15) is 9.90 Å². The van der Waals surface area contributed by atoms with Gasteiger partial charge in [0.2, 0.25) is 0 Å². The number of hydrogen-bond acceptors (Lipinski definition) is 3. The van der Waals surface area contributed by atoms with Crippen molar-refractivity contribution < 1.29 is 14.6 Å². The maximum atomic E-state index is 11.4. The average molecular weight is 243 g/mol. The lowest BCUT2D eigenvalue weighted by molar-refractivity contribution is -0.154. The van der Waals surface area contributed by atoms with Gasteiger partial charge in [0.25, 0.3) is 0 Å². The highest BCUT2D eigenvalue weighted by Gasteiger charge is 2.38. The summed E-state index contributed by atoms with van der Waals surface area (Å²) in [6, 6.07) is 8.96. The summed E-state index contributed by atoms with van der Waals surface area (Å²) in [6.07, 6.45) is -1.38. The number of aliphatic hydroxyl groups is 1. The molecule has 0 fully saturated rings. The van der Waals surface area contributed by atoms with Crippen LogP contribution in [0.2, 0.25) is 0 Å². The molecule has 0 unspecified atom stereocenters. The molecular weight excluding hydrogens is 228 g/mol. The smallest absolute Gasteiger partial charge is 0.337 e. The van der Waals surface area contributed by atoms with Crippen LogP contribution in [0, 0.1) is 0 Å². The van der Waals surface area contributed by atoms with Crippen LogP contribution in [-0.2, 0) is 14.4 Å². The number of carbonyl (C=O) groups is 1. The molecule has 0 aliphatic rings. The normalized spacial score (nSPS) is 16.2. The zero-order chi connectivity index (χ0) is 12.2. The van der Waals surface area contributed by atoms with Crippen LogP contribution in [0.1, 0.15) is 19.4 Å². The van der Waals surface area contributed by atoms with Crippen molar-refractivity contribution in [2.45, 2.75) is 24.8 Å². The highest BCUT2D eigenvalue weighted by Crippen LogP contribution is 2.32. The van der Waals surface area contributed by atoms with Crippen LogP contribution >= 0.6 is 11.6 Å². The Balaban J connectivity index is 2.89. The van der Waals surface area contributed by atoms with Crippen LogP contribution in [0.15, 0.2) is 30.3 Å². The Morgan fingerprint density at radius 2 is 2.06 bits per heavy atom. The Kier molecular flexibility index (Phi) is 4.33. The number of alkyl halides is 1. The number of aliphatic hydroxyl groups excluding tert-OH is 1. The number of rotatable bonds is 4. The molecule has 0 bridgehead atoms. The first-order valence-electron chi connectivity index (χ1n) is 5.09. The minimum atomic E-state index is -1.38. The maximum Gasteiger partial charge on any atom is 0.337 e. The molecule has 3 nitrogen and oxygen atoms in total. The first-order chi connectivity index (χ1) is 7.50. The minimum absolute atomic E-state index is 0.220. The molecule has 2 atom stereocenters. The molecule has 0 radical (unpaired) electrons. The van der Waals surface area contributed by atoms with Crippen molar-refractivity contribution in [3.8, 4) is 0 Å². The minimum Gasteiger partial charge on any atom is -0.464 e. The lowest BCUT2D eigenvalue weighted by Crippen LogP contribution is -2.39. The molecule has 0 aliphatic heterocycles.